The van der Waals surface area contributed by atoms with Gasteiger partial charge in [0.2, 0.25) is 5.95 Å². The van der Waals surface area contributed by atoms with E-state index < -0.39 is 11.2 Å². The topological polar surface area (TPSA) is 118 Å². The Bertz CT molecular complexity index is 1490. The molecule has 1 aliphatic heterocycles. The number of benzene rings is 1. The minimum absolute atomic E-state index is 0.291. The summed E-state index contributed by atoms with van der Waals surface area (Å²) in [6.45, 7) is 0.658. The van der Waals surface area contributed by atoms with Crippen LogP contribution in [0.25, 0.3) is 11.2 Å². The molecule has 4 heterocycles. The van der Waals surface area contributed by atoms with Crippen LogP contribution in [-0.4, -0.2) is 37.6 Å². The van der Waals surface area contributed by atoms with E-state index in [1.165, 1.54) is 11.6 Å². The van der Waals surface area contributed by atoms with Gasteiger partial charge in [-0.2, -0.15) is 4.98 Å². The van der Waals surface area contributed by atoms with Crippen molar-refractivity contribution >= 4 is 22.8 Å². The molecule has 1 unspecified atom stereocenters. The van der Waals surface area contributed by atoms with Gasteiger partial charge in [0.1, 0.15) is 11.5 Å². The van der Waals surface area contributed by atoms with Crippen molar-refractivity contribution < 1.29 is 14.0 Å². The van der Waals surface area contributed by atoms with Crippen LogP contribution in [0.2, 0.25) is 0 Å². The summed E-state index contributed by atoms with van der Waals surface area (Å²) in [6, 6.07) is 11.2. The zero-order valence-corrected chi connectivity index (χ0v) is 19.0. The molecule has 1 aromatic carbocycles. The zero-order chi connectivity index (χ0) is 23.8. The highest BCUT2D eigenvalue weighted by molar-refractivity contribution is 6.03. The van der Waals surface area contributed by atoms with Gasteiger partial charge >= 0.3 is 5.69 Å². The van der Waals surface area contributed by atoms with Crippen LogP contribution >= 0.6 is 0 Å². The fourth-order valence-electron chi connectivity index (χ4n) is 4.11. The van der Waals surface area contributed by atoms with Crippen LogP contribution in [0.3, 0.4) is 0 Å². The molecule has 34 heavy (non-hydrogen) atoms. The molecule has 4 aromatic rings. The number of furan rings is 1. The molecule has 0 saturated heterocycles. The molecular formula is C23H24N6O5. The molecular weight excluding hydrogens is 440 g/mol. The van der Waals surface area contributed by atoms with E-state index >= 15 is 0 Å². The molecule has 0 amide bonds. The minimum atomic E-state index is -0.446. The number of hydrogen-bond acceptors (Lipinski definition) is 8. The average molecular weight is 464 g/mol. The Hall–Kier alpha value is -4.28. The molecule has 11 nitrogen and oxygen atoms in total. The molecule has 0 bridgehead atoms. The van der Waals surface area contributed by atoms with Gasteiger partial charge in [-0.3, -0.25) is 13.9 Å². The summed E-state index contributed by atoms with van der Waals surface area (Å²) >= 11 is 0. The van der Waals surface area contributed by atoms with Crippen molar-refractivity contribution in [1.82, 2.24) is 18.7 Å². The number of nitrogens with zero attached hydrogens (tertiary/aromatic N) is 5. The average Bonchev–Trinajstić information content (AvgIpc) is 3.61. The third-order valence-corrected chi connectivity index (χ3v) is 5.89. The molecule has 0 radical (unpaired) electrons. The van der Waals surface area contributed by atoms with E-state index in [1.807, 2.05) is 30.3 Å². The lowest BCUT2D eigenvalue weighted by molar-refractivity contribution is 0.0736. The van der Waals surface area contributed by atoms with Crippen molar-refractivity contribution in [2.24, 2.45) is 19.3 Å². The van der Waals surface area contributed by atoms with E-state index in [2.05, 4.69) is 15.5 Å². The lowest BCUT2D eigenvalue weighted by Gasteiger charge is -2.14. The van der Waals surface area contributed by atoms with Crippen molar-refractivity contribution in [3.8, 4) is 5.75 Å². The van der Waals surface area contributed by atoms with Gasteiger partial charge in [-0.05, 0) is 24.3 Å². The smallest absolute Gasteiger partial charge is 0.332 e. The monoisotopic (exact) mass is 464 g/mol. The Kier molecular flexibility index (Phi) is 5.44. The van der Waals surface area contributed by atoms with E-state index in [0.29, 0.717) is 48.1 Å². The summed E-state index contributed by atoms with van der Waals surface area (Å²) in [5.74, 6) is 1.85. The van der Waals surface area contributed by atoms with Crippen LogP contribution < -0.4 is 21.3 Å². The predicted octanol–water partition coefficient (Wildman–Crippen LogP) is 1.84. The first-order valence-electron chi connectivity index (χ1n) is 10.8. The third-order valence-electron chi connectivity index (χ3n) is 5.89. The summed E-state index contributed by atoms with van der Waals surface area (Å²) in [6.07, 6.45) is 1.76. The van der Waals surface area contributed by atoms with Gasteiger partial charge < -0.3 is 23.9 Å². The number of hydrogen-bond donors (Lipinski definition) is 1. The number of aryl methyl sites for hydroxylation is 1. The number of ether oxygens (including phenoxy) is 1. The molecule has 1 N–H and O–H groups in total. The molecule has 1 aliphatic rings. The van der Waals surface area contributed by atoms with Gasteiger partial charge in [0.05, 0.1) is 32.2 Å². The summed E-state index contributed by atoms with van der Waals surface area (Å²) < 4.78 is 15.0. The Morgan fingerprint density at radius 3 is 2.74 bits per heavy atom. The molecule has 1 atom stereocenters. The van der Waals surface area contributed by atoms with Gasteiger partial charge in [-0.25, -0.2) is 4.79 Å². The predicted molar refractivity (Wildman–Crippen MR) is 125 cm³/mol. The second-order valence-corrected chi connectivity index (χ2v) is 8.03. The molecule has 0 saturated carbocycles. The van der Waals surface area contributed by atoms with Crippen molar-refractivity contribution in [1.29, 1.82) is 0 Å². The maximum Gasteiger partial charge on any atom is 0.332 e. The van der Waals surface area contributed by atoms with Gasteiger partial charge in [0.15, 0.2) is 17.3 Å². The number of imidazole rings is 1. The van der Waals surface area contributed by atoms with E-state index in [-0.39, 0.29) is 6.10 Å². The molecule has 0 aliphatic carbocycles. The first-order chi connectivity index (χ1) is 16.5. The maximum atomic E-state index is 13.1. The SMILES string of the molecule is COc1ccccc1C1=NOC(Cn2c(NCc3ccco3)nc3c2c(=O)n(C)c(=O)n3C)C1. The van der Waals surface area contributed by atoms with E-state index in [0.717, 1.165) is 15.8 Å². The number of aromatic nitrogens is 4. The number of rotatable bonds is 7. The van der Waals surface area contributed by atoms with Crippen LogP contribution in [0, 0.1) is 0 Å². The highest BCUT2D eigenvalue weighted by atomic mass is 16.6. The van der Waals surface area contributed by atoms with Crippen LogP contribution in [0.5, 0.6) is 5.75 Å². The molecule has 11 heteroatoms. The molecule has 0 spiro atoms. The van der Waals surface area contributed by atoms with Gasteiger partial charge in [0.25, 0.3) is 5.56 Å². The summed E-state index contributed by atoms with van der Waals surface area (Å²) in [5.41, 5.74) is 1.34. The largest absolute Gasteiger partial charge is 0.496 e. The van der Waals surface area contributed by atoms with Crippen LogP contribution in [-0.2, 0) is 32.0 Å². The second kappa shape index (κ2) is 8.58. The number of anilines is 1. The Morgan fingerprint density at radius 2 is 1.97 bits per heavy atom. The summed E-state index contributed by atoms with van der Waals surface area (Å²) in [7, 11) is 4.65. The number of para-hydroxylation sites is 1. The van der Waals surface area contributed by atoms with Gasteiger partial charge in [-0.15, -0.1) is 0 Å². The molecule has 0 fully saturated rings. The lowest BCUT2D eigenvalue weighted by atomic mass is 10.0. The first kappa shape index (κ1) is 21.6. The van der Waals surface area contributed by atoms with Crippen molar-refractivity contribution in [2.45, 2.75) is 25.6 Å². The number of nitrogens with one attached hydrogen (secondary N) is 1. The summed E-state index contributed by atoms with van der Waals surface area (Å²) in [4.78, 5) is 35.8. The quantitative estimate of drug-likeness (QED) is 0.443. The van der Waals surface area contributed by atoms with Crippen LogP contribution in [0.15, 0.2) is 61.8 Å². The van der Waals surface area contributed by atoms with Crippen molar-refractivity contribution in [3.05, 3.63) is 74.8 Å². The molecule has 176 valence electrons. The number of methoxy groups -OCH3 is 1. The fourth-order valence-corrected chi connectivity index (χ4v) is 4.11. The first-order valence-corrected chi connectivity index (χ1v) is 10.8. The van der Waals surface area contributed by atoms with Crippen LogP contribution in [0.4, 0.5) is 5.95 Å². The standard InChI is InChI=1S/C23H24N6O5/c1-27-20-19(21(30)28(2)23(27)31)29(22(25-20)24-12-14-7-6-10-33-14)13-15-11-17(26-34-15)16-8-4-5-9-18(16)32-3/h4-10,15H,11-13H2,1-3H3,(H,24,25). The van der Waals surface area contributed by atoms with E-state index in [1.54, 1.807) is 31.1 Å². The van der Waals surface area contributed by atoms with Gasteiger partial charge in [-0.1, -0.05) is 17.3 Å². The third kappa shape index (κ3) is 3.64. The Labute approximate surface area is 193 Å². The fraction of sp³-hybridized carbons (Fsp3) is 0.304. The maximum absolute atomic E-state index is 13.1. The highest BCUT2D eigenvalue weighted by Gasteiger charge is 2.28. The number of oxime groups is 1. The molecule has 5 rings (SSSR count). The number of fused-ring (bicyclic) bond motifs is 1. The van der Waals surface area contributed by atoms with E-state index in [9.17, 15) is 9.59 Å². The normalized spacial score (nSPS) is 15.4. The van der Waals surface area contributed by atoms with Crippen molar-refractivity contribution in [3.63, 3.8) is 0 Å². The minimum Gasteiger partial charge on any atom is -0.496 e. The summed E-state index contributed by atoms with van der Waals surface area (Å²) in [5, 5.41) is 7.49. The Morgan fingerprint density at radius 1 is 1.15 bits per heavy atom. The zero-order valence-electron chi connectivity index (χ0n) is 19.0. The van der Waals surface area contributed by atoms with E-state index in [4.69, 9.17) is 14.0 Å². The molecule has 3 aromatic heterocycles. The van der Waals surface area contributed by atoms with Crippen molar-refractivity contribution in [2.75, 3.05) is 12.4 Å². The lowest BCUT2D eigenvalue weighted by Crippen LogP contribution is -2.37. The van der Waals surface area contributed by atoms with Crippen LogP contribution in [0.1, 0.15) is 17.7 Å². The highest BCUT2D eigenvalue weighted by Crippen LogP contribution is 2.26. The Balaban J connectivity index is 1.50. The van der Waals surface area contributed by atoms with Gasteiger partial charge in [0, 0.05) is 26.1 Å². The second-order valence-electron chi connectivity index (χ2n) is 8.03.